The van der Waals surface area contributed by atoms with Crippen LogP contribution in [0.1, 0.15) is 25.2 Å². The molecule has 0 saturated heterocycles. The summed E-state index contributed by atoms with van der Waals surface area (Å²) in [6.45, 7) is 3.90. The maximum Gasteiger partial charge on any atom is 0.334 e. The summed E-state index contributed by atoms with van der Waals surface area (Å²) in [5.74, 6) is 0. The standard InChI is InChI=1S/C12H13N3O3/c1-3-7-5-10-8(9(4-2)13-7)6-11(15(17)18)12(16)14-10/h5-6H,3-4H2,1-2H3,(H,14,16). The minimum absolute atomic E-state index is 0.441. The number of aryl methyl sites for hydroxylation is 2. The average Bonchev–Trinajstić information content (AvgIpc) is 2.35. The minimum atomic E-state index is -0.678. The lowest BCUT2D eigenvalue weighted by atomic mass is 10.1. The van der Waals surface area contributed by atoms with Gasteiger partial charge in [0, 0.05) is 22.8 Å². The Labute approximate surface area is 103 Å². The van der Waals surface area contributed by atoms with E-state index in [9.17, 15) is 14.9 Å². The number of fused-ring (bicyclic) bond motifs is 1. The third kappa shape index (κ3) is 1.97. The molecule has 0 saturated carbocycles. The van der Waals surface area contributed by atoms with Crippen LogP contribution in [-0.4, -0.2) is 14.9 Å². The second kappa shape index (κ2) is 4.56. The van der Waals surface area contributed by atoms with Gasteiger partial charge in [0.1, 0.15) is 0 Å². The topological polar surface area (TPSA) is 88.9 Å². The quantitative estimate of drug-likeness (QED) is 0.663. The molecule has 0 unspecified atom stereocenters. The SMILES string of the molecule is CCc1cc2[nH]c(=O)c([N+](=O)[O-])cc2c(CC)n1. The van der Waals surface area contributed by atoms with Crippen molar-refractivity contribution in [1.29, 1.82) is 0 Å². The second-order valence-corrected chi connectivity index (χ2v) is 3.97. The van der Waals surface area contributed by atoms with Crippen LogP contribution >= 0.6 is 0 Å². The van der Waals surface area contributed by atoms with Crippen LogP contribution in [0.25, 0.3) is 10.9 Å². The molecule has 2 aromatic heterocycles. The van der Waals surface area contributed by atoms with E-state index in [4.69, 9.17) is 0 Å². The van der Waals surface area contributed by atoms with Crippen LogP contribution in [0.4, 0.5) is 5.69 Å². The Kier molecular flexibility index (Phi) is 3.10. The third-order valence-corrected chi connectivity index (χ3v) is 2.85. The van der Waals surface area contributed by atoms with Gasteiger partial charge in [-0.1, -0.05) is 13.8 Å². The number of nitrogens with one attached hydrogen (secondary N) is 1. The summed E-state index contributed by atoms with van der Waals surface area (Å²) in [6, 6.07) is 3.07. The fraction of sp³-hybridized carbons (Fsp3) is 0.333. The monoisotopic (exact) mass is 247 g/mol. The zero-order chi connectivity index (χ0) is 13.3. The van der Waals surface area contributed by atoms with Crippen molar-refractivity contribution in [3.8, 4) is 0 Å². The van der Waals surface area contributed by atoms with Crippen molar-refractivity contribution >= 4 is 16.6 Å². The Balaban J connectivity index is 2.84. The fourth-order valence-corrected chi connectivity index (χ4v) is 1.90. The molecule has 18 heavy (non-hydrogen) atoms. The van der Waals surface area contributed by atoms with Crippen LogP contribution in [0.5, 0.6) is 0 Å². The second-order valence-electron chi connectivity index (χ2n) is 3.97. The van der Waals surface area contributed by atoms with Crippen LogP contribution < -0.4 is 5.56 Å². The number of H-pyrrole nitrogens is 1. The Bertz CT molecular complexity index is 676. The summed E-state index contributed by atoms with van der Waals surface area (Å²) in [7, 11) is 0. The highest BCUT2D eigenvalue weighted by atomic mass is 16.6. The summed E-state index contributed by atoms with van der Waals surface area (Å²) in [6.07, 6.45) is 1.41. The van der Waals surface area contributed by atoms with Crippen molar-refractivity contribution in [2.45, 2.75) is 26.7 Å². The smallest absolute Gasteiger partial charge is 0.316 e. The lowest BCUT2D eigenvalue weighted by molar-refractivity contribution is -0.386. The number of aromatic nitrogens is 2. The molecule has 2 heterocycles. The molecule has 0 atom stereocenters. The average molecular weight is 247 g/mol. The molecule has 94 valence electrons. The van der Waals surface area contributed by atoms with E-state index >= 15 is 0 Å². The number of hydrogen-bond donors (Lipinski definition) is 1. The van der Waals surface area contributed by atoms with Crippen molar-refractivity contribution in [2.75, 3.05) is 0 Å². The van der Waals surface area contributed by atoms with Gasteiger partial charge in [-0.05, 0) is 18.9 Å². The summed E-state index contributed by atoms with van der Waals surface area (Å²) in [5.41, 5.74) is 1.12. The number of rotatable bonds is 3. The first kappa shape index (κ1) is 12.2. The zero-order valence-corrected chi connectivity index (χ0v) is 10.2. The van der Waals surface area contributed by atoms with Crippen molar-refractivity contribution < 1.29 is 4.92 Å². The van der Waals surface area contributed by atoms with Crippen molar-refractivity contribution in [3.05, 3.63) is 44.0 Å². The number of aromatic amines is 1. The highest BCUT2D eigenvalue weighted by molar-refractivity contribution is 5.83. The van der Waals surface area contributed by atoms with Crippen LogP contribution in [0.15, 0.2) is 16.9 Å². The number of nitrogens with zero attached hydrogens (tertiary/aromatic N) is 2. The van der Waals surface area contributed by atoms with Gasteiger partial charge in [0.25, 0.3) is 0 Å². The highest BCUT2D eigenvalue weighted by Gasteiger charge is 2.15. The van der Waals surface area contributed by atoms with E-state index in [2.05, 4.69) is 9.97 Å². The van der Waals surface area contributed by atoms with Gasteiger partial charge >= 0.3 is 11.2 Å². The third-order valence-electron chi connectivity index (χ3n) is 2.85. The lowest BCUT2D eigenvalue weighted by Crippen LogP contribution is -2.12. The molecule has 0 aliphatic heterocycles. The zero-order valence-electron chi connectivity index (χ0n) is 10.2. The summed E-state index contributed by atoms with van der Waals surface area (Å²) in [4.78, 5) is 28.6. The predicted molar refractivity (Wildman–Crippen MR) is 67.8 cm³/mol. The molecule has 0 fully saturated rings. The van der Waals surface area contributed by atoms with Gasteiger partial charge < -0.3 is 4.98 Å². The predicted octanol–water partition coefficient (Wildman–Crippen LogP) is 1.96. The molecule has 0 aromatic carbocycles. The molecule has 0 aliphatic carbocycles. The van der Waals surface area contributed by atoms with Gasteiger partial charge in [-0.15, -0.1) is 0 Å². The molecule has 2 aromatic rings. The van der Waals surface area contributed by atoms with E-state index in [0.29, 0.717) is 17.3 Å². The molecular weight excluding hydrogens is 234 g/mol. The first-order valence-corrected chi connectivity index (χ1v) is 5.77. The number of nitro groups is 1. The molecule has 0 spiro atoms. The molecule has 0 bridgehead atoms. The van der Waals surface area contributed by atoms with Gasteiger partial charge in [0.05, 0.1) is 10.4 Å². The van der Waals surface area contributed by atoms with Gasteiger partial charge in [-0.2, -0.15) is 0 Å². The maximum absolute atomic E-state index is 11.6. The molecule has 2 rings (SSSR count). The van der Waals surface area contributed by atoms with E-state index in [1.165, 1.54) is 6.07 Å². The molecule has 0 amide bonds. The number of hydrogen-bond acceptors (Lipinski definition) is 4. The van der Waals surface area contributed by atoms with Gasteiger partial charge in [-0.25, -0.2) is 0 Å². The van der Waals surface area contributed by atoms with E-state index in [-0.39, 0.29) is 0 Å². The number of pyridine rings is 2. The van der Waals surface area contributed by atoms with Crippen molar-refractivity contribution in [1.82, 2.24) is 9.97 Å². The molecule has 6 nitrogen and oxygen atoms in total. The molecular formula is C12H13N3O3. The van der Waals surface area contributed by atoms with Crippen molar-refractivity contribution in [2.24, 2.45) is 0 Å². The maximum atomic E-state index is 11.6. The van der Waals surface area contributed by atoms with Crippen LogP contribution in [0, 0.1) is 10.1 Å². The Hall–Kier alpha value is -2.24. The minimum Gasteiger partial charge on any atom is -0.316 e. The van der Waals surface area contributed by atoms with Gasteiger partial charge in [0.15, 0.2) is 0 Å². The molecule has 1 N–H and O–H groups in total. The van der Waals surface area contributed by atoms with Crippen molar-refractivity contribution in [3.63, 3.8) is 0 Å². The van der Waals surface area contributed by atoms with Gasteiger partial charge in [0.2, 0.25) is 0 Å². The Morgan fingerprint density at radius 2 is 2.06 bits per heavy atom. The lowest BCUT2D eigenvalue weighted by Gasteiger charge is -2.06. The molecule has 6 heteroatoms. The summed E-state index contributed by atoms with van der Waals surface area (Å²) in [5, 5.41) is 11.4. The van der Waals surface area contributed by atoms with E-state index in [1.807, 2.05) is 13.8 Å². The van der Waals surface area contributed by atoms with Crippen LogP contribution in [0.3, 0.4) is 0 Å². The summed E-state index contributed by atoms with van der Waals surface area (Å²) < 4.78 is 0. The van der Waals surface area contributed by atoms with Crippen LogP contribution in [0.2, 0.25) is 0 Å². The van der Waals surface area contributed by atoms with E-state index in [0.717, 1.165) is 17.8 Å². The molecule has 0 radical (unpaired) electrons. The summed E-state index contributed by atoms with van der Waals surface area (Å²) >= 11 is 0. The van der Waals surface area contributed by atoms with E-state index in [1.54, 1.807) is 6.07 Å². The Morgan fingerprint density at radius 3 is 2.61 bits per heavy atom. The largest absolute Gasteiger partial charge is 0.334 e. The normalized spacial score (nSPS) is 10.8. The van der Waals surface area contributed by atoms with Crippen LogP contribution in [-0.2, 0) is 12.8 Å². The molecule has 0 aliphatic rings. The highest BCUT2D eigenvalue weighted by Crippen LogP contribution is 2.20. The van der Waals surface area contributed by atoms with E-state index < -0.39 is 16.2 Å². The first-order chi connectivity index (χ1) is 8.56. The first-order valence-electron chi connectivity index (χ1n) is 5.77. The Morgan fingerprint density at radius 1 is 1.33 bits per heavy atom. The fourth-order valence-electron chi connectivity index (χ4n) is 1.90. The van der Waals surface area contributed by atoms with Gasteiger partial charge in [-0.3, -0.25) is 19.9 Å².